The molecule has 0 aliphatic carbocycles. The van der Waals surface area contributed by atoms with Crippen molar-refractivity contribution in [3.05, 3.63) is 70.4 Å². The van der Waals surface area contributed by atoms with Crippen LogP contribution < -0.4 is 10.1 Å². The number of ether oxygens (including phenoxy) is 3. The summed E-state index contributed by atoms with van der Waals surface area (Å²) in [7, 11) is 0. The van der Waals surface area contributed by atoms with Gasteiger partial charge in [0.2, 0.25) is 11.8 Å². The molecule has 5 rings (SSSR count). The van der Waals surface area contributed by atoms with Crippen LogP contribution in [0.3, 0.4) is 0 Å². The Morgan fingerprint density at radius 3 is 2.56 bits per heavy atom. The molecule has 2 aliphatic rings. The normalized spacial score (nSPS) is 17.7. The van der Waals surface area contributed by atoms with Crippen molar-refractivity contribution in [2.24, 2.45) is 5.92 Å². The Labute approximate surface area is 309 Å². The van der Waals surface area contributed by atoms with Crippen LogP contribution in [0.1, 0.15) is 81.1 Å². The van der Waals surface area contributed by atoms with E-state index in [9.17, 15) is 24.3 Å². The Balaban J connectivity index is 1.22. The fraction of sp³-hybridized carbons (Fsp3) is 0.513. The summed E-state index contributed by atoms with van der Waals surface area (Å²) in [6.07, 6.45) is -0.0339. The van der Waals surface area contributed by atoms with E-state index in [0.29, 0.717) is 37.5 Å². The molecule has 0 radical (unpaired) electrons. The van der Waals surface area contributed by atoms with Crippen molar-refractivity contribution in [1.82, 2.24) is 20.1 Å². The Kier molecular flexibility index (Phi) is 12.7. The lowest BCUT2D eigenvalue weighted by Crippen LogP contribution is -2.55. The van der Waals surface area contributed by atoms with E-state index in [2.05, 4.69) is 10.3 Å². The van der Waals surface area contributed by atoms with Gasteiger partial charge in [0.15, 0.2) is 0 Å². The lowest BCUT2D eigenvalue weighted by Gasteiger charge is -2.35. The second-order valence-electron chi connectivity index (χ2n) is 14.6. The highest BCUT2D eigenvalue weighted by Gasteiger charge is 2.45. The molecule has 0 saturated carbocycles. The summed E-state index contributed by atoms with van der Waals surface area (Å²) in [6.45, 7) is 12.6. The SMILES string of the molecule is Cc1ncsc1-c1ccc(CNC(=O)[C@@H]2C[C@@H](O)CN2C(=O)C(C(C)C)N2Cc3ccccc3C2=O)c(OCCCOCCC(=O)OC(C)(C)C)c1. The van der Waals surface area contributed by atoms with E-state index in [1.165, 1.54) is 16.2 Å². The number of esters is 1. The average molecular weight is 735 g/mol. The van der Waals surface area contributed by atoms with Crippen LogP contribution >= 0.6 is 11.3 Å². The number of amides is 3. The molecule has 12 nitrogen and oxygen atoms in total. The van der Waals surface area contributed by atoms with Gasteiger partial charge in [-0.3, -0.25) is 19.2 Å². The number of β-amino-alcohol motifs (C(OH)–C–C–N with tert-alkyl or cyclic N) is 1. The molecular weight excluding hydrogens is 685 g/mol. The first kappa shape index (κ1) is 38.9. The van der Waals surface area contributed by atoms with Crippen molar-refractivity contribution >= 4 is 35.0 Å². The van der Waals surface area contributed by atoms with E-state index >= 15 is 0 Å². The molecule has 0 bridgehead atoms. The lowest BCUT2D eigenvalue weighted by molar-refractivity contribution is -0.156. The molecule has 280 valence electrons. The number of aliphatic hydroxyl groups is 1. The third kappa shape index (κ3) is 9.55. The van der Waals surface area contributed by atoms with Crippen molar-refractivity contribution in [2.75, 3.05) is 26.4 Å². The van der Waals surface area contributed by atoms with Gasteiger partial charge in [0, 0.05) is 50.2 Å². The van der Waals surface area contributed by atoms with Crippen molar-refractivity contribution in [1.29, 1.82) is 0 Å². The number of aromatic nitrogens is 1. The minimum atomic E-state index is -0.898. The second-order valence-corrected chi connectivity index (χ2v) is 15.5. The van der Waals surface area contributed by atoms with Crippen LogP contribution in [0.15, 0.2) is 48.0 Å². The number of fused-ring (bicyclic) bond motifs is 1. The van der Waals surface area contributed by atoms with Crippen LogP contribution in [0.2, 0.25) is 0 Å². The Morgan fingerprint density at radius 1 is 1.10 bits per heavy atom. The maximum Gasteiger partial charge on any atom is 0.308 e. The molecule has 0 spiro atoms. The van der Waals surface area contributed by atoms with Crippen LogP contribution in [-0.4, -0.2) is 93.7 Å². The summed E-state index contributed by atoms with van der Waals surface area (Å²) < 4.78 is 17.2. The van der Waals surface area contributed by atoms with Gasteiger partial charge in [0.1, 0.15) is 23.4 Å². The largest absolute Gasteiger partial charge is 0.493 e. The van der Waals surface area contributed by atoms with Gasteiger partial charge in [-0.1, -0.05) is 44.2 Å². The first-order valence-electron chi connectivity index (χ1n) is 17.8. The fourth-order valence-electron chi connectivity index (χ4n) is 6.60. The number of thiazole rings is 1. The van der Waals surface area contributed by atoms with E-state index in [-0.39, 0.29) is 56.2 Å². The maximum atomic E-state index is 14.1. The number of aryl methyl sites for hydroxylation is 1. The molecule has 1 aromatic heterocycles. The number of carbonyl (C=O) groups is 4. The predicted molar refractivity (Wildman–Crippen MR) is 197 cm³/mol. The molecule has 2 aromatic carbocycles. The summed E-state index contributed by atoms with van der Waals surface area (Å²) in [5.74, 6) is -0.892. The minimum Gasteiger partial charge on any atom is -0.493 e. The minimum absolute atomic E-state index is 0.00617. The van der Waals surface area contributed by atoms with Crippen molar-refractivity contribution < 1.29 is 38.5 Å². The van der Waals surface area contributed by atoms with Crippen molar-refractivity contribution in [2.45, 2.75) is 97.7 Å². The number of aliphatic hydroxyl groups excluding tert-OH is 1. The first-order valence-corrected chi connectivity index (χ1v) is 18.7. The zero-order valence-corrected chi connectivity index (χ0v) is 31.7. The van der Waals surface area contributed by atoms with Gasteiger partial charge in [0.05, 0.1) is 41.8 Å². The molecule has 1 unspecified atom stereocenters. The standard InChI is InChI=1S/C39H50N4O8S/c1-24(2)34(43-21-28-10-7-8-11-30(28)37(43)47)38(48)42-22-29(44)19-31(42)36(46)40-20-27-13-12-26(35-25(3)41-23-52-35)18-32(27)50-16-9-15-49-17-14-33(45)51-39(4,5)6/h7-8,10-13,18,23-24,29,31,34,44H,9,14-17,19-22H2,1-6H3,(H,40,46)/t29-,31+,34?/m1/s1. The number of hydrogen-bond acceptors (Lipinski definition) is 10. The summed E-state index contributed by atoms with van der Waals surface area (Å²) in [4.78, 5) is 61.5. The van der Waals surface area contributed by atoms with Gasteiger partial charge in [-0.15, -0.1) is 11.3 Å². The molecule has 3 atom stereocenters. The zero-order valence-electron chi connectivity index (χ0n) is 30.8. The fourth-order valence-corrected chi connectivity index (χ4v) is 7.41. The highest BCUT2D eigenvalue weighted by Crippen LogP contribution is 2.33. The number of rotatable bonds is 15. The summed E-state index contributed by atoms with van der Waals surface area (Å²) in [5.41, 5.74) is 5.27. The molecule has 1 saturated heterocycles. The van der Waals surface area contributed by atoms with Gasteiger partial charge in [-0.05, 0) is 56.9 Å². The van der Waals surface area contributed by atoms with Gasteiger partial charge >= 0.3 is 5.97 Å². The van der Waals surface area contributed by atoms with Crippen LogP contribution in [-0.2, 0) is 36.9 Å². The molecule has 3 aromatic rings. The van der Waals surface area contributed by atoms with Gasteiger partial charge in [0.25, 0.3) is 5.91 Å². The summed E-state index contributed by atoms with van der Waals surface area (Å²) in [5, 5.41) is 13.6. The van der Waals surface area contributed by atoms with Gasteiger partial charge in [-0.2, -0.15) is 0 Å². The summed E-state index contributed by atoms with van der Waals surface area (Å²) in [6, 6.07) is 11.4. The predicted octanol–water partition coefficient (Wildman–Crippen LogP) is 4.89. The smallest absolute Gasteiger partial charge is 0.308 e. The molecule has 13 heteroatoms. The highest BCUT2D eigenvalue weighted by molar-refractivity contribution is 7.13. The molecule has 52 heavy (non-hydrogen) atoms. The van der Waals surface area contributed by atoms with Crippen LogP contribution in [0.4, 0.5) is 0 Å². The monoisotopic (exact) mass is 734 g/mol. The van der Waals surface area contributed by atoms with Crippen LogP contribution in [0, 0.1) is 12.8 Å². The Hall–Kier alpha value is -4.33. The van der Waals surface area contributed by atoms with Crippen molar-refractivity contribution in [3.63, 3.8) is 0 Å². The van der Waals surface area contributed by atoms with E-state index in [1.54, 1.807) is 22.5 Å². The number of nitrogens with one attached hydrogen (secondary N) is 1. The molecule has 3 amide bonds. The first-order chi connectivity index (χ1) is 24.7. The topological polar surface area (TPSA) is 148 Å². The van der Waals surface area contributed by atoms with Gasteiger partial charge in [-0.25, -0.2) is 4.98 Å². The third-order valence-corrected chi connectivity index (χ3v) is 10.0. The molecular formula is C39H50N4O8S. The quantitative estimate of drug-likeness (QED) is 0.165. The van der Waals surface area contributed by atoms with E-state index in [4.69, 9.17) is 14.2 Å². The van der Waals surface area contributed by atoms with E-state index in [0.717, 1.165) is 27.3 Å². The Morgan fingerprint density at radius 2 is 1.87 bits per heavy atom. The number of benzene rings is 2. The van der Waals surface area contributed by atoms with Crippen LogP contribution in [0.25, 0.3) is 10.4 Å². The molecule has 2 aliphatic heterocycles. The van der Waals surface area contributed by atoms with Crippen molar-refractivity contribution in [3.8, 4) is 16.2 Å². The lowest BCUT2D eigenvalue weighted by atomic mass is 10.0. The molecule has 2 N–H and O–H groups in total. The maximum absolute atomic E-state index is 14.1. The van der Waals surface area contributed by atoms with Crippen LogP contribution in [0.5, 0.6) is 5.75 Å². The number of hydrogen-bond donors (Lipinski definition) is 2. The summed E-state index contributed by atoms with van der Waals surface area (Å²) >= 11 is 1.53. The zero-order chi connectivity index (χ0) is 37.6. The number of nitrogens with zero attached hydrogens (tertiary/aromatic N) is 3. The number of likely N-dealkylation sites (tertiary alicyclic amines) is 1. The molecule has 1 fully saturated rings. The van der Waals surface area contributed by atoms with E-state index < -0.39 is 29.7 Å². The van der Waals surface area contributed by atoms with E-state index in [1.807, 2.05) is 71.9 Å². The Bertz CT molecular complexity index is 1750. The molecule has 3 heterocycles. The highest BCUT2D eigenvalue weighted by atomic mass is 32.1. The van der Waals surface area contributed by atoms with Gasteiger partial charge < -0.3 is 34.4 Å². The second kappa shape index (κ2) is 17.0. The third-order valence-electron chi connectivity index (χ3n) is 9.02. The number of carbonyl (C=O) groups excluding carboxylic acids is 4. The average Bonchev–Trinajstić information content (AvgIpc) is 3.79.